The van der Waals surface area contributed by atoms with Crippen molar-refractivity contribution in [2.75, 3.05) is 20.8 Å². The summed E-state index contributed by atoms with van der Waals surface area (Å²) in [5.41, 5.74) is -0.127. The third kappa shape index (κ3) is 7.33. The Hall–Kier alpha value is -0.610. The summed E-state index contributed by atoms with van der Waals surface area (Å²) in [5.74, 6) is -0.180. The van der Waals surface area contributed by atoms with Crippen LogP contribution in [0.2, 0.25) is 0 Å². The maximum Gasteiger partial charge on any atom is 0.306 e. The predicted octanol–water partition coefficient (Wildman–Crippen LogP) is 1.34. The molecule has 0 aromatic heterocycles. The molecule has 0 saturated carbocycles. The van der Waals surface area contributed by atoms with Gasteiger partial charge in [0.25, 0.3) is 0 Å². The number of carbonyl (C=O) groups excluding carboxylic acids is 1. The molecule has 0 aliphatic heterocycles. The number of hydrogen-bond donors (Lipinski definition) is 1. The number of ether oxygens (including phenoxy) is 2. The second-order valence-corrected chi connectivity index (χ2v) is 4.35. The van der Waals surface area contributed by atoms with Gasteiger partial charge in [-0.3, -0.25) is 4.79 Å². The second-order valence-electron chi connectivity index (χ2n) is 4.35. The number of hydrogen-bond acceptors (Lipinski definition) is 4. The predicted molar refractivity (Wildman–Crippen MR) is 59.8 cm³/mol. The van der Waals surface area contributed by atoms with E-state index in [4.69, 9.17) is 4.74 Å². The van der Waals surface area contributed by atoms with Crippen LogP contribution in [0.25, 0.3) is 0 Å². The molecule has 90 valence electrons. The first-order chi connectivity index (χ1) is 6.91. The fourth-order valence-electron chi connectivity index (χ4n) is 1.42. The number of rotatable bonds is 7. The van der Waals surface area contributed by atoms with Gasteiger partial charge in [-0.2, -0.15) is 0 Å². The lowest BCUT2D eigenvalue weighted by atomic mass is 10.00. The van der Waals surface area contributed by atoms with E-state index in [0.29, 0.717) is 19.0 Å². The van der Waals surface area contributed by atoms with Crippen molar-refractivity contribution in [2.24, 2.45) is 0 Å². The van der Waals surface area contributed by atoms with Crippen LogP contribution in [-0.2, 0) is 14.3 Å². The minimum atomic E-state index is -0.180. The number of methoxy groups -OCH3 is 2. The molecule has 0 aromatic carbocycles. The normalized spacial score (nSPS) is 13.7. The molecule has 0 bridgehead atoms. The maximum absolute atomic E-state index is 10.8. The van der Waals surface area contributed by atoms with Crippen LogP contribution in [-0.4, -0.2) is 38.4 Å². The number of nitrogens with one attached hydrogen (secondary N) is 1. The largest absolute Gasteiger partial charge is 0.469 e. The Bertz CT molecular complexity index is 192. The zero-order chi connectivity index (χ0) is 11.9. The van der Waals surface area contributed by atoms with Gasteiger partial charge in [-0.05, 0) is 27.2 Å². The van der Waals surface area contributed by atoms with Gasteiger partial charge in [0.1, 0.15) is 0 Å². The molecule has 0 rings (SSSR count). The molecule has 0 aliphatic rings. The Morgan fingerprint density at radius 2 is 2.00 bits per heavy atom. The summed E-state index contributed by atoms with van der Waals surface area (Å²) in [7, 11) is 3.11. The molecule has 0 aromatic rings. The van der Waals surface area contributed by atoms with Gasteiger partial charge in [0.2, 0.25) is 0 Å². The van der Waals surface area contributed by atoms with Gasteiger partial charge >= 0.3 is 5.97 Å². The monoisotopic (exact) mass is 217 g/mol. The molecule has 0 spiro atoms. The molecule has 1 atom stereocenters. The highest BCUT2D eigenvalue weighted by Gasteiger charge is 2.19. The summed E-state index contributed by atoms with van der Waals surface area (Å²) in [5, 5.41) is 3.26. The second kappa shape index (κ2) is 6.80. The van der Waals surface area contributed by atoms with E-state index in [2.05, 4.69) is 17.0 Å². The molecule has 1 N–H and O–H groups in total. The van der Waals surface area contributed by atoms with Crippen molar-refractivity contribution in [3.8, 4) is 0 Å². The molecule has 15 heavy (non-hydrogen) atoms. The van der Waals surface area contributed by atoms with Crippen molar-refractivity contribution in [1.82, 2.24) is 5.32 Å². The average molecular weight is 217 g/mol. The summed E-state index contributed by atoms with van der Waals surface area (Å²) in [6, 6.07) is 0.324. The highest BCUT2D eigenvalue weighted by atomic mass is 16.5. The number of esters is 1. The zero-order valence-corrected chi connectivity index (χ0v) is 10.4. The highest BCUT2D eigenvalue weighted by Crippen LogP contribution is 2.15. The van der Waals surface area contributed by atoms with E-state index >= 15 is 0 Å². The molecule has 4 heteroatoms. The van der Waals surface area contributed by atoms with E-state index in [1.807, 2.05) is 13.8 Å². The highest BCUT2D eigenvalue weighted by molar-refractivity contribution is 5.69. The first kappa shape index (κ1) is 14.4. The summed E-state index contributed by atoms with van der Waals surface area (Å²) in [6.07, 6.45) is 1.32. The van der Waals surface area contributed by atoms with Crippen LogP contribution >= 0.6 is 0 Å². The maximum atomic E-state index is 10.8. The van der Waals surface area contributed by atoms with Gasteiger partial charge in [0.05, 0.1) is 19.1 Å². The standard InChI is InChI=1S/C11H23NO3/c1-9(8-11(2,3)15-5)12-7-6-10(13)14-4/h9,12H,6-8H2,1-5H3. The van der Waals surface area contributed by atoms with Crippen molar-refractivity contribution >= 4 is 5.97 Å². The van der Waals surface area contributed by atoms with Crippen LogP contribution in [0.4, 0.5) is 0 Å². The van der Waals surface area contributed by atoms with Crippen LogP contribution in [0.15, 0.2) is 0 Å². The topological polar surface area (TPSA) is 47.6 Å². The molecule has 0 radical (unpaired) electrons. The van der Waals surface area contributed by atoms with E-state index in [0.717, 1.165) is 6.42 Å². The molecule has 0 heterocycles. The quantitative estimate of drug-likeness (QED) is 0.654. The van der Waals surface area contributed by atoms with Gasteiger partial charge in [-0.15, -0.1) is 0 Å². The summed E-state index contributed by atoms with van der Waals surface area (Å²) in [6.45, 7) is 6.82. The van der Waals surface area contributed by atoms with Gasteiger partial charge in [0, 0.05) is 19.7 Å². The summed E-state index contributed by atoms with van der Waals surface area (Å²) < 4.78 is 9.88. The Morgan fingerprint density at radius 1 is 1.40 bits per heavy atom. The van der Waals surface area contributed by atoms with Crippen LogP contribution < -0.4 is 5.32 Å². The van der Waals surface area contributed by atoms with E-state index < -0.39 is 0 Å². The van der Waals surface area contributed by atoms with E-state index in [1.165, 1.54) is 7.11 Å². The third-order valence-corrected chi connectivity index (χ3v) is 2.40. The lowest BCUT2D eigenvalue weighted by molar-refractivity contribution is -0.140. The average Bonchev–Trinajstić information content (AvgIpc) is 2.16. The fourth-order valence-corrected chi connectivity index (χ4v) is 1.42. The van der Waals surface area contributed by atoms with Gasteiger partial charge in [0.15, 0.2) is 0 Å². The van der Waals surface area contributed by atoms with Gasteiger partial charge in [-0.25, -0.2) is 0 Å². The minimum absolute atomic E-state index is 0.127. The molecule has 0 aliphatic carbocycles. The summed E-state index contributed by atoms with van der Waals surface area (Å²) in [4.78, 5) is 10.8. The third-order valence-electron chi connectivity index (χ3n) is 2.40. The fraction of sp³-hybridized carbons (Fsp3) is 0.909. The molecule has 0 amide bonds. The Labute approximate surface area is 92.3 Å². The molecular weight excluding hydrogens is 194 g/mol. The van der Waals surface area contributed by atoms with Crippen molar-refractivity contribution in [1.29, 1.82) is 0 Å². The Morgan fingerprint density at radius 3 is 2.47 bits per heavy atom. The van der Waals surface area contributed by atoms with E-state index in [1.54, 1.807) is 7.11 Å². The zero-order valence-electron chi connectivity index (χ0n) is 10.4. The van der Waals surface area contributed by atoms with Gasteiger partial charge in [-0.1, -0.05) is 0 Å². The summed E-state index contributed by atoms with van der Waals surface area (Å²) >= 11 is 0. The van der Waals surface area contributed by atoms with Crippen molar-refractivity contribution in [2.45, 2.75) is 45.3 Å². The van der Waals surface area contributed by atoms with Crippen LogP contribution in [0, 0.1) is 0 Å². The van der Waals surface area contributed by atoms with Crippen LogP contribution in [0.3, 0.4) is 0 Å². The molecule has 4 nitrogen and oxygen atoms in total. The smallest absolute Gasteiger partial charge is 0.306 e. The van der Waals surface area contributed by atoms with Crippen LogP contribution in [0.1, 0.15) is 33.6 Å². The van der Waals surface area contributed by atoms with E-state index in [-0.39, 0.29) is 11.6 Å². The van der Waals surface area contributed by atoms with Crippen molar-refractivity contribution in [3.63, 3.8) is 0 Å². The molecule has 1 unspecified atom stereocenters. The SMILES string of the molecule is COC(=O)CCNC(C)CC(C)(C)OC. The van der Waals surface area contributed by atoms with Crippen LogP contribution in [0.5, 0.6) is 0 Å². The first-order valence-electron chi connectivity index (χ1n) is 5.26. The van der Waals surface area contributed by atoms with Crippen molar-refractivity contribution < 1.29 is 14.3 Å². The number of carbonyl (C=O) groups is 1. The molecular formula is C11H23NO3. The van der Waals surface area contributed by atoms with E-state index in [9.17, 15) is 4.79 Å². The van der Waals surface area contributed by atoms with Gasteiger partial charge < -0.3 is 14.8 Å². The van der Waals surface area contributed by atoms with Crippen molar-refractivity contribution in [3.05, 3.63) is 0 Å². The Balaban J connectivity index is 3.66. The lowest BCUT2D eigenvalue weighted by Gasteiger charge is -2.27. The Kier molecular flexibility index (Phi) is 6.52. The minimum Gasteiger partial charge on any atom is -0.469 e. The molecule has 0 fully saturated rings. The molecule has 0 saturated heterocycles. The lowest BCUT2D eigenvalue weighted by Crippen LogP contribution is -2.36. The first-order valence-corrected chi connectivity index (χ1v) is 5.26.